The van der Waals surface area contributed by atoms with E-state index >= 15 is 0 Å². The molecule has 21 heavy (non-hydrogen) atoms. The first-order chi connectivity index (χ1) is 10.1. The topological polar surface area (TPSA) is 66.0 Å². The van der Waals surface area contributed by atoms with Gasteiger partial charge in [-0.2, -0.15) is 5.26 Å². The Morgan fingerprint density at radius 1 is 1.52 bits per heavy atom. The summed E-state index contributed by atoms with van der Waals surface area (Å²) in [5.74, 6) is 0. The van der Waals surface area contributed by atoms with Gasteiger partial charge in [0.25, 0.3) is 0 Å². The van der Waals surface area contributed by atoms with Gasteiger partial charge >= 0.3 is 0 Å². The summed E-state index contributed by atoms with van der Waals surface area (Å²) in [6.45, 7) is 4.13. The molecule has 3 rings (SSSR count). The first kappa shape index (κ1) is 14.4. The highest BCUT2D eigenvalue weighted by Gasteiger charge is 2.34. The lowest BCUT2D eigenvalue weighted by atomic mass is 9.98. The first-order valence-corrected chi connectivity index (χ1v) is 8.13. The number of rotatable bonds is 6. The van der Waals surface area contributed by atoms with Crippen molar-refractivity contribution in [3.8, 4) is 6.07 Å². The van der Waals surface area contributed by atoms with E-state index in [1.54, 1.807) is 11.8 Å². The fourth-order valence-corrected chi connectivity index (χ4v) is 3.64. The van der Waals surface area contributed by atoms with E-state index in [0.29, 0.717) is 6.04 Å². The molecular weight excluding hydrogens is 282 g/mol. The summed E-state index contributed by atoms with van der Waals surface area (Å²) in [6, 6.07) is 8.82. The van der Waals surface area contributed by atoms with E-state index in [-0.39, 0.29) is 5.25 Å². The van der Waals surface area contributed by atoms with Crippen molar-refractivity contribution in [1.29, 1.82) is 5.26 Å². The minimum atomic E-state index is -0.464. The second-order valence-electron chi connectivity index (χ2n) is 5.91. The maximum Gasteiger partial charge on any atom is 0.195 e. The van der Waals surface area contributed by atoms with Crippen molar-refractivity contribution in [2.75, 3.05) is 0 Å². The number of nitrogens with zero attached hydrogens (tertiary/aromatic N) is 4. The van der Waals surface area contributed by atoms with Gasteiger partial charge in [0.05, 0.1) is 6.07 Å². The van der Waals surface area contributed by atoms with Crippen LogP contribution in [0.5, 0.6) is 0 Å². The molecule has 1 aliphatic rings. The van der Waals surface area contributed by atoms with Crippen molar-refractivity contribution in [2.45, 2.75) is 55.1 Å². The summed E-state index contributed by atoms with van der Waals surface area (Å²) in [5.41, 5.74) is 0.389. The number of nitriles is 1. The number of pyridine rings is 1. The van der Waals surface area contributed by atoms with Crippen LogP contribution in [-0.4, -0.2) is 31.4 Å². The molecular formula is C15H19N5S. The van der Waals surface area contributed by atoms with E-state index in [2.05, 4.69) is 28.5 Å². The van der Waals surface area contributed by atoms with E-state index in [9.17, 15) is 5.26 Å². The summed E-state index contributed by atoms with van der Waals surface area (Å²) in [6.07, 6.45) is 5.13. The highest BCUT2D eigenvalue weighted by molar-refractivity contribution is 7.99. The smallest absolute Gasteiger partial charge is 0.195 e. The molecule has 1 fully saturated rings. The van der Waals surface area contributed by atoms with Crippen molar-refractivity contribution in [3.05, 3.63) is 24.4 Å². The Kier molecular flexibility index (Phi) is 3.87. The maximum atomic E-state index is 9.45. The van der Waals surface area contributed by atoms with Gasteiger partial charge in [-0.05, 0) is 38.3 Å². The van der Waals surface area contributed by atoms with Gasteiger partial charge in [0.15, 0.2) is 10.8 Å². The average molecular weight is 301 g/mol. The molecule has 110 valence electrons. The lowest BCUT2D eigenvalue weighted by Crippen LogP contribution is -2.44. The molecule has 2 unspecified atom stereocenters. The van der Waals surface area contributed by atoms with Gasteiger partial charge in [-0.3, -0.25) is 9.72 Å². The molecule has 2 heterocycles. The van der Waals surface area contributed by atoms with Gasteiger partial charge in [0.1, 0.15) is 5.54 Å². The van der Waals surface area contributed by atoms with Crippen LogP contribution in [0.1, 0.15) is 33.1 Å². The summed E-state index contributed by atoms with van der Waals surface area (Å²) < 4.78 is 1.99. The molecule has 0 aliphatic heterocycles. The third kappa shape index (κ3) is 3.36. The van der Waals surface area contributed by atoms with E-state index in [4.69, 9.17) is 0 Å². The predicted octanol–water partition coefficient (Wildman–Crippen LogP) is 2.63. The van der Waals surface area contributed by atoms with E-state index in [1.165, 1.54) is 12.8 Å². The second-order valence-corrected chi connectivity index (χ2v) is 7.31. The largest absolute Gasteiger partial charge is 0.297 e. The van der Waals surface area contributed by atoms with Gasteiger partial charge in [-0.1, -0.05) is 24.8 Å². The Morgan fingerprint density at radius 3 is 3.05 bits per heavy atom. The average Bonchev–Trinajstić information content (AvgIpc) is 3.18. The Labute approximate surface area is 128 Å². The van der Waals surface area contributed by atoms with Crippen LogP contribution in [0.3, 0.4) is 0 Å². The summed E-state index contributed by atoms with van der Waals surface area (Å²) >= 11 is 1.67. The molecule has 1 saturated carbocycles. The molecule has 0 spiro atoms. The predicted molar refractivity (Wildman–Crippen MR) is 83.1 cm³/mol. The molecule has 2 aromatic rings. The van der Waals surface area contributed by atoms with Crippen LogP contribution in [0.15, 0.2) is 29.6 Å². The molecule has 1 N–H and O–H groups in total. The SMILES string of the molecule is CC(CC(C)(C#N)NC1CC1)Sc1nnc2ccccn12. The zero-order valence-corrected chi connectivity index (χ0v) is 13.1. The zero-order valence-electron chi connectivity index (χ0n) is 12.3. The Hall–Kier alpha value is -1.58. The van der Waals surface area contributed by atoms with Gasteiger partial charge in [0.2, 0.25) is 0 Å². The van der Waals surface area contributed by atoms with Crippen molar-refractivity contribution in [3.63, 3.8) is 0 Å². The molecule has 0 bridgehead atoms. The molecule has 2 atom stereocenters. The zero-order chi connectivity index (χ0) is 14.9. The number of hydrogen-bond acceptors (Lipinski definition) is 5. The molecule has 0 aromatic carbocycles. The first-order valence-electron chi connectivity index (χ1n) is 7.25. The van der Waals surface area contributed by atoms with Crippen LogP contribution >= 0.6 is 11.8 Å². The summed E-state index contributed by atoms with van der Waals surface area (Å²) in [5, 5.41) is 22.5. The standard InChI is InChI=1S/C15H19N5S/c1-11(9-15(2,10-16)17-12-6-7-12)21-14-19-18-13-5-3-4-8-20(13)14/h3-5,8,11-12,17H,6-7,9H2,1-2H3. The molecule has 5 nitrogen and oxygen atoms in total. The summed E-state index contributed by atoms with van der Waals surface area (Å²) in [7, 11) is 0. The van der Waals surface area contributed by atoms with Gasteiger partial charge in [-0.15, -0.1) is 10.2 Å². The van der Waals surface area contributed by atoms with E-state index in [1.807, 2.05) is 35.7 Å². The van der Waals surface area contributed by atoms with E-state index in [0.717, 1.165) is 17.2 Å². The van der Waals surface area contributed by atoms with Crippen LogP contribution in [0.2, 0.25) is 0 Å². The number of hydrogen-bond donors (Lipinski definition) is 1. The normalized spacial score (nSPS) is 19.1. The van der Waals surface area contributed by atoms with Crippen molar-refractivity contribution < 1.29 is 0 Å². The van der Waals surface area contributed by atoms with Crippen LogP contribution in [0.25, 0.3) is 5.65 Å². The van der Waals surface area contributed by atoms with Crippen molar-refractivity contribution in [2.24, 2.45) is 0 Å². The third-order valence-corrected chi connectivity index (χ3v) is 4.69. The molecule has 1 aliphatic carbocycles. The molecule has 0 amide bonds. The lowest BCUT2D eigenvalue weighted by molar-refractivity contribution is 0.414. The van der Waals surface area contributed by atoms with Gasteiger partial charge < -0.3 is 0 Å². The molecule has 2 aromatic heterocycles. The number of aromatic nitrogens is 3. The van der Waals surface area contributed by atoms with E-state index < -0.39 is 5.54 Å². The highest BCUT2D eigenvalue weighted by atomic mass is 32.2. The number of thioether (sulfide) groups is 1. The van der Waals surface area contributed by atoms with Gasteiger partial charge in [0, 0.05) is 17.5 Å². The quantitative estimate of drug-likeness (QED) is 0.831. The van der Waals surface area contributed by atoms with Crippen LogP contribution < -0.4 is 5.32 Å². The van der Waals surface area contributed by atoms with Crippen molar-refractivity contribution in [1.82, 2.24) is 19.9 Å². The Bertz CT molecular complexity index is 672. The lowest BCUT2D eigenvalue weighted by Gasteiger charge is -2.26. The number of fused-ring (bicyclic) bond motifs is 1. The molecule has 6 heteroatoms. The Balaban J connectivity index is 1.68. The summed E-state index contributed by atoms with van der Waals surface area (Å²) in [4.78, 5) is 0. The van der Waals surface area contributed by atoms with Crippen LogP contribution in [-0.2, 0) is 0 Å². The van der Waals surface area contributed by atoms with Crippen molar-refractivity contribution >= 4 is 17.4 Å². The molecule has 0 radical (unpaired) electrons. The van der Waals surface area contributed by atoms with Gasteiger partial charge in [-0.25, -0.2) is 0 Å². The fourth-order valence-electron chi connectivity index (χ4n) is 2.51. The number of nitrogens with one attached hydrogen (secondary N) is 1. The minimum absolute atomic E-state index is 0.286. The fraction of sp³-hybridized carbons (Fsp3) is 0.533. The second kappa shape index (κ2) is 5.66. The highest BCUT2D eigenvalue weighted by Crippen LogP contribution is 2.30. The van der Waals surface area contributed by atoms with Crippen LogP contribution in [0, 0.1) is 11.3 Å². The molecule has 0 saturated heterocycles. The third-order valence-electron chi connectivity index (χ3n) is 3.63. The van der Waals surface area contributed by atoms with Crippen LogP contribution in [0.4, 0.5) is 0 Å². The minimum Gasteiger partial charge on any atom is -0.297 e. The maximum absolute atomic E-state index is 9.45. The Morgan fingerprint density at radius 2 is 2.33 bits per heavy atom. The monoisotopic (exact) mass is 301 g/mol.